The minimum absolute atomic E-state index is 0.0940. The number of benzene rings is 2. The van der Waals surface area contributed by atoms with Crippen molar-refractivity contribution in [3.63, 3.8) is 0 Å². The topological polar surface area (TPSA) is 9.23 Å². The summed E-state index contributed by atoms with van der Waals surface area (Å²) in [6.07, 6.45) is 0. The normalized spacial score (nSPS) is 17.2. The second-order valence-corrected chi connectivity index (χ2v) is 6.39. The summed E-state index contributed by atoms with van der Waals surface area (Å²) in [7, 11) is 0. The van der Waals surface area contributed by atoms with Crippen molar-refractivity contribution in [3.8, 4) is 5.75 Å². The van der Waals surface area contributed by atoms with Crippen LogP contribution >= 0.6 is 11.6 Å². The van der Waals surface area contributed by atoms with Crippen molar-refractivity contribution in [2.24, 2.45) is 0 Å². The molecular formula is C17H15ClF2O. The molecule has 21 heavy (non-hydrogen) atoms. The van der Waals surface area contributed by atoms with Crippen molar-refractivity contribution in [1.82, 2.24) is 0 Å². The molecule has 0 fully saturated rings. The van der Waals surface area contributed by atoms with Crippen LogP contribution in [-0.4, -0.2) is 6.61 Å². The first-order valence-corrected chi connectivity index (χ1v) is 7.18. The lowest BCUT2D eigenvalue weighted by atomic mass is 9.85. The quantitative estimate of drug-likeness (QED) is 0.712. The molecule has 0 spiro atoms. The van der Waals surface area contributed by atoms with E-state index in [0.29, 0.717) is 6.61 Å². The maximum Gasteiger partial charge on any atom is 0.131 e. The molecular weight excluding hydrogens is 294 g/mol. The zero-order valence-corrected chi connectivity index (χ0v) is 12.5. The van der Waals surface area contributed by atoms with Crippen LogP contribution in [0.4, 0.5) is 8.78 Å². The Morgan fingerprint density at radius 2 is 1.90 bits per heavy atom. The summed E-state index contributed by atoms with van der Waals surface area (Å²) in [5.74, 6) is -0.401. The largest absolute Gasteiger partial charge is 0.492 e. The van der Waals surface area contributed by atoms with Crippen LogP contribution in [-0.2, 0) is 5.41 Å². The number of alkyl halides is 1. The highest BCUT2D eigenvalue weighted by molar-refractivity contribution is 6.22. The third kappa shape index (κ3) is 2.51. The minimum atomic E-state index is -0.660. The molecule has 3 rings (SSSR count). The molecule has 2 aromatic rings. The average Bonchev–Trinajstić information content (AvgIpc) is 2.74. The maximum atomic E-state index is 13.9. The van der Waals surface area contributed by atoms with Gasteiger partial charge < -0.3 is 4.74 Å². The molecule has 0 aromatic heterocycles. The number of hydrogen-bond acceptors (Lipinski definition) is 1. The summed E-state index contributed by atoms with van der Waals surface area (Å²) in [6, 6.07) is 9.08. The van der Waals surface area contributed by atoms with Crippen molar-refractivity contribution in [1.29, 1.82) is 0 Å². The first kappa shape index (κ1) is 14.3. The van der Waals surface area contributed by atoms with Crippen molar-refractivity contribution >= 4 is 11.6 Å². The molecule has 0 aliphatic carbocycles. The number of ether oxygens (including phenoxy) is 1. The Labute approximate surface area is 127 Å². The van der Waals surface area contributed by atoms with E-state index < -0.39 is 17.0 Å². The monoisotopic (exact) mass is 308 g/mol. The average molecular weight is 309 g/mol. The second kappa shape index (κ2) is 4.99. The third-order valence-corrected chi connectivity index (χ3v) is 4.34. The van der Waals surface area contributed by atoms with E-state index in [0.717, 1.165) is 22.9 Å². The van der Waals surface area contributed by atoms with Gasteiger partial charge in [0.25, 0.3) is 0 Å². The van der Waals surface area contributed by atoms with Crippen molar-refractivity contribution in [2.45, 2.75) is 24.6 Å². The van der Waals surface area contributed by atoms with Gasteiger partial charge >= 0.3 is 0 Å². The highest BCUT2D eigenvalue weighted by Gasteiger charge is 2.32. The van der Waals surface area contributed by atoms with Gasteiger partial charge in [0, 0.05) is 22.6 Å². The van der Waals surface area contributed by atoms with Gasteiger partial charge in [-0.2, -0.15) is 0 Å². The van der Waals surface area contributed by atoms with Gasteiger partial charge in [0.1, 0.15) is 17.4 Å². The molecule has 4 heteroatoms. The standard InChI is InChI=1S/C17H15ClF2O/c1-17(2)9-21-15-6-3-10(7-13(15)17)16(18)12-5-4-11(19)8-14(12)20/h3-8,16H,9H2,1-2H3. The smallest absolute Gasteiger partial charge is 0.131 e. The Hall–Kier alpha value is -1.61. The molecule has 0 saturated heterocycles. The molecule has 1 aliphatic rings. The van der Waals surface area contributed by atoms with E-state index in [4.69, 9.17) is 16.3 Å². The van der Waals surface area contributed by atoms with Crippen LogP contribution in [0.5, 0.6) is 5.75 Å². The number of halogens is 3. The van der Waals surface area contributed by atoms with Gasteiger partial charge in [-0.15, -0.1) is 11.6 Å². The Morgan fingerprint density at radius 3 is 2.62 bits per heavy atom. The fourth-order valence-corrected chi connectivity index (χ4v) is 2.90. The van der Waals surface area contributed by atoms with Crippen LogP contribution in [0, 0.1) is 11.6 Å². The molecule has 1 atom stereocenters. The summed E-state index contributed by atoms with van der Waals surface area (Å²) in [5, 5.41) is -0.660. The highest BCUT2D eigenvalue weighted by Crippen LogP contribution is 2.41. The minimum Gasteiger partial charge on any atom is -0.492 e. The Balaban J connectivity index is 2.01. The first-order chi connectivity index (χ1) is 9.88. The van der Waals surface area contributed by atoms with Gasteiger partial charge in [0.05, 0.1) is 12.0 Å². The molecule has 1 unspecified atom stereocenters. The van der Waals surface area contributed by atoms with Crippen LogP contribution in [0.2, 0.25) is 0 Å². The third-order valence-electron chi connectivity index (χ3n) is 3.85. The zero-order valence-electron chi connectivity index (χ0n) is 11.8. The number of hydrogen-bond donors (Lipinski definition) is 0. The van der Waals surface area contributed by atoms with Crippen molar-refractivity contribution in [2.75, 3.05) is 6.61 Å². The van der Waals surface area contributed by atoms with Crippen LogP contribution in [0.15, 0.2) is 36.4 Å². The highest BCUT2D eigenvalue weighted by atomic mass is 35.5. The zero-order chi connectivity index (χ0) is 15.2. The number of rotatable bonds is 2. The van der Waals surface area contributed by atoms with E-state index >= 15 is 0 Å². The van der Waals surface area contributed by atoms with Gasteiger partial charge in [-0.25, -0.2) is 8.78 Å². The van der Waals surface area contributed by atoms with E-state index in [9.17, 15) is 8.78 Å². The maximum absolute atomic E-state index is 13.9. The molecule has 1 aliphatic heterocycles. The Kier molecular flexibility index (Phi) is 3.40. The Bertz CT molecular complexity index is 697. The van der Waals surface area contributed by atoms with Gasteiger partial charge in [-0.1, -0.05) is 26.0 Å². The fourth-order valence-electron chi connectivity index (χ4n) is 2.58. The Morgan fingerprint density at radius 1 is 1.14 bits per heavy atom. The summed E-state index contributed by atoms with van der Waals surface area (Å²) >= 11 is 6.38. The molecule has 2 aromatic carbocycles. The molecule has 0 saturated carbocycles. The van der Waals surface area contributed by atoms with Crippen molar-refractivity contribution in [3.05, 3.63) is 64.7 Å². The molecule has 1 heterocycles. The van der Waals surface area contributed by atoms with E-state index in [1.165, 1.54) is 12.1 Å². The summed E-state index contributed by atoms with van der Waals surface area (Å²) in [4.78, 5) is 0. The molecule has 0 amide bonds. The van der Waals surface area contributed by atoms with Crippen LogP contribution in [0.3, 0.4) is 0 Å². The van der Waals surface area contributed by atoms with Crippen LogP contribution in [0.25, 0.3) is 0 Å². The summed E-state index contributed by atoms with van der Waals surface area (Å²) in [6.45, 7) is 4.79. The van der Waals surface area contributed by atoms with Gasteiger partial charge in [-0.3, -0.25) is 0 Å². The van der Waals surface area contributed by atoms with E-state index in [-0.39, 0.29) is 11.0 Å². The van der Waals surface area contributed by atoms with E-state index in [2.05, 4.69) is 13.8 Å². The van der Waals surface area contributed by atoms with Crippen LogP contribution in [0.1, 0.15) is 35.9 Å². The van der Waals surface area contributed by atoms with E-state index in [1.54, 1.807) is 0 Å². The lowest BCUT2D eigenvalue weighted by Crippen LogP contribution is -2.18. The molecule has 110 valence electrons. The SMILES string of the molecule is CC1(C)COc2ccc(C(Cl)c3ccc(F)cc3F)cc21. The second-order valence-electron chi connectivity index (χ2n) is 5.96. The van der Waals surface area contributed by atoms with Gasteiger partial charge in [0.15, 0.2) is 0 Å². The molecule has 0 bridgehead atoms. The lowest BCUT2D eigenvalue weighted by Gasteiger charge is -2.17. The summed E-state index contributed by atoms with van der Waals surface area (Å²) < 4.78 is 32.5. The van der Waals surface area contributed by atoms with Crippen LogP contribution < -0.4 is 4.74 Å². The van der Waals surface area contributed by atoms with Crippen molar-refractivity contribution < 1.29 is 13.5 Å². The molecule has 0 N–H and O–H groups in total. The number of fused-ring (bicyclic) bond motifs is 1. The van der Waals surface area contributed by atoms with Gasteiger partial charge in [0.2, 0.25) is 0 Å². The summed E-state index contributed by atoms with van der Waals surface area (Å²) in [5.41, 5.74) is 2.02. The van der Waals surface area contributed by atoms with Gasteiger partial charge in [-0.05, 0) is 23.8 Å². The van der Waals surface area contributed by atoms with E-state index in [1.807, 2.05) is 18.2 Å². The molecule has 1 nitrogen and oxygen atoms in total. The molecule has 0 radical (unpaired) electrons. The lowest BCUT2D eigenvalue weighted by molar-refractivity contribution is 0.291. The predicted octanol–water partition coefficient (Wildman–Crippen LogP) is 4.96. The predicted molar refractivity (Wildman–Crippen MR) is 79.0 cm³/mol. The first-order valence-electron chi connectivity index (χ1n) is 6.75. The fraction of sp³-hybridized carbons (Fsp3) is 0.294.